The van der Waals surface area contributed by atoms with Crippen LogP contribution < -0.4 is 5.73 Å². The Morgan fingerprint density at radius 1 is 1.56 bits per heavy atom. The number of rotatable bonds is 4. The van der Waals surface area contributed by atoms with Crippen LogP contribution in [0.2, 0.25) is 0 Å². The lowest BCUT2D eigenvalue weighted by atomic mass is 10.0. The molecule has 1 atom stereocenters. The van der Waals surface area contributed by atoms with Crippen molar-refractivity contribution in [3.63, 3.8) is 0 Å². The lowest BCUT2D eigenvalue weighted by Crippen LogP contribution is -2.24. The number of hydrogen-bond acceptors (Lipinski definition) is 5. The van der Waals surface area contributed by atoms with Crippen molar-refractivity contribution in [2.24, 2.45) is 11.7 Å². The van der Waals surface area contributed by atoms with E-state index in [0.29, 0.717) is 12.3 Å². The summed E-state index contributed by atoms with van der Waals surface area (Å²) in [6.07, 6.45) is -0.0954. The molecule has 16 heavy (non-hydrogen) atoms. The van der Waals surface area contributed by atoms with Crippen molar-refractivity contribution < 1.29 is 19.1 Å². The minimum Gasteiger partial charge on any atom is -0.467 e. The van der Waals surface area contributed by atoms with Gasteiger partial charge in [0.2, 0.25) is 11.7 Å². The maximum Gasteiger partial charge on any atom is 0.347 e. The van der Waals surface area contributed by atoms with Gasteiger partial charge in [0, 0.05) is 0 Å². The Labute approximate surface area is 94.6 Å². The molecule has 0 spiro atoms. The summed E-state index contributed by atoms with van der Waals surface area (Å²) in [5.74, 6) is -0.890. The Hall–Kier alpha value is -1.52. The van der Waals surface area contributed by atoms with E-state index < -0.39 is 12.1 Å². The van der Waals surface area contributed by atoms with E-state index in [-0.39, 0.29) is 23.8 Å². The maximum atomic E-state index is 11.8. The molecule has 0 radical (unpaired) electrons. The Morgan fingerprint density at radius 3 is 2.69 bits per heavy atom. The van der Waals surface area contributed by atoms with Crippen molar-refractivity contribution in [2.75, 3.05) is 6.61 Å². The average Bonchev–Trinajstić information content (AvgIpc) is 2.41. The molecule has 0 aliphatic carbocycles. The fourth-order valence-electron chi connectivity index (χ4n) is 1.54. The van der Waals surface area contributed by atoms with Gasteiger partial charge in [0.1, 0.15) is 0 Å². The van der Waals surface area contributed by atoms with Crippen LogP contribution in [0.5, 0.6) is 0 Å². The van der Waals surface area contributed by atoms with Crippen molar-refractivity contribution in [3.8, 4) is 0 Å². The number of nitrogens with two attached hydrogens (primary N) is 1. The topological polar surface area (TPSA) is 78.6 Å². The average molecular weight is 227 g/mol. The van der Waals surface area contributed by atoms with E-state index in [1.807, 2.05) is 13.8 Å². The molecular formula is C11H17NO4. The molecule has 0 saturated carbocycles. The maximum absolute atomic E-state index is 11.8. The van der Waals surface area contributed by atoms with Crippen LogP contribution >= 0.6 is 0 Å². The summed E-state index contributed by atoms with van der Waals surface area (Å²) < 4.78 is 9.91. The van der Waals surface area contributed by atoms with Crippen LogP contribution in [-0.4, -0.2) is 24.5 Å². The van der Waals surface area contributed by atoms with Crippen LogP contribution in [0.15, 0.2) is 11.5 Å². The highest BCUT2D eigenvalue weighted by Gasteiger charge is 2.39. The standard InChI is InChI=1S/C11H17NO4/c1-4-15-11(14)8-9(13)7(5-6(2)3)16-10(8)12/h6-7H,4-5,12H2,1-3H3. The van der Waals surface area contributed by atoms with Crippen LogP contribution in [0.1, 0.15) is 27.2 Å². The van der Waals surface area contributed by atoms with E-state index >= 15 is 0 Å². The molecule has 1 aliphatic rings. The number of carbonyl (C=O) groups is 2. The predicted octanol–water partition coefficient (Wildman–Crippen LogP) is 0.734. The number of ether oxygens (including phenoxy) is 2. The first kappa shape index (κ1) is 12.5. The summed E-state index contributed by atoms with van der Waals surface area (Å²) >= 11 is 0. The largest absolute Gasteiger partial charge is 0.467 e. The first-order valence-electron chi connectivity index (χ1n) is 5.35. The molecule has 0 aromatic carbocycles. The smallest absolute Gasteiger partial charge is 0.347 e. The molecule has 0 saturated heterocycles. The highest BCUT2D eigenvalue weighted by atomic mass is 16.5. The Morgan fingerprint density at radius 2 is 2.19 bits per heavy atom. The quantitative estimate of drug-likeness (QED) is 0.566. The van der Waals surface area contributed by atoms with Gasteiger partial charge in [-0.1, -0.05) is 13.8 Å². The summed E-state index contributed by atoms with van der Waals surface area (Å²) in [4.78, 5) is 23.2. The number of carbonyl (C=O) groups excluding carboxylic acids is 2. The van der Waals surface area contributed by atoms with Gasteiger partial charge in [-0.15, -0.1) is 0 Å². The van der Waals surface area contributed by atoms with E-state index in [0.717, 1.165) is 0 Å². The number of hydrogen-bond donors (Lipinski definition) is 1. The lowest BCUT2D eigenvalue weighted by Gasteiger charge is -2.11. The molecular weight excluding hydrogens is 210 g/mol. The molecule has 1 aliphatic heterocycles. The van der Waals surface area contributed by atoms with Gasteiger partial charge in [0.05, 0.1) is 6.61 Å². The van der Waals surface area contributed by atoms with Gasteiger partial charge >= 0.3 is 5.97 Å². The molecule has 5 heteroatoms. The predicted molar refractivity (Wildman–Crippen MR) is 57.2 cm³/mol. The van der Waals surface area contributed by atoms with Gasteiger partial charge in [-0.3, -0.25) is 4.79 Å². The third-order valence-electron chi connectivity index (χ3n) is 2.22. The molecule has 90 valence electrons. The molecule has 0 amide bonds. The summed E-state index contributed by atoms with van der Waals surface area (Å²) in [5.41, 5.74) is 5.36. The van der Waals surface area contributed by atoms with Gasteiger partial charge < -0.3 is 15.2 Å². The van der Waals surface area contributed by atoms with Crippen molar-refractivity contribution in [1.29, 1.82) is 0 Å². The molecule has 0 aromatic heterocycles. The summed E-state index contributed by atoms with van der Waals surface area (Å²) in [6, 6.07) is 0. The fraction of sp³-hybridized carbons (Fsp3) is 0.636. The van der Waals surface area contributed by atoms with Gasteiger partial charge in [-0.05, 0) is 19.3 Å². The third-order valence-corrected chi connectivity index (χ3v) is 2.22. The molecule has 1 heterocycles. The fourth-order valence-corrected chi connectivity index (χ4v) is 1.54. The zero-order valence-electron chi connectivity index (χ0n) is 9.78. The van der Waals surface area contributed by atoms with E-state index in [1.165, 1.54) is 0 Å². The van der Waals surface area contributed by atoms with Crippen molar-refractivity contribution in [3.05, 3.63) is 11.5 Å². The minimum atomic E-state index is -0.698. The second-order valence-corrected chi connectivity index (χ2v) is 4.06. The summed E-state index contributed by atoms with van der Waals surface area (Å²) in [5, 5.41) is 0. The zero-order chi connectivity index (χ0) is 12.3. The molecule has 1 rings (SSSR count). The van der Waals surface area contributed by atoms with Crippen molar-refractivity contribution in [1.82, 2.24) is 0 Å². The summed E-state index contributed by atoms with van der Waals surface area (Å²) in [6.45, 7) is 5.81. The van der Waals surface area contributed by atoms with E-state index in [1.54, 1.807) is 6.92 Å². The van der Waals surface area contributed by atoms with Crippen LogP contribution in [0.4, 0.5) is 0 Å². The van der Waals surface area contributed by atoms with Crippen molar-refractivity contribution >= 4 is 11.8 Å². The van der Waals surface area contributed by atoms with Gasteiger partial charge in [-0.25, -0.2) is 4.79 Å². The van der Waals surface area contributed by atoms with Crippen LogP contribution in [0, 0.1) is 5.92 Å². The third kappa shape index (κ3) is 2.53. The Balaban J connectivity index is 2.76. The molecule has 5 nitrogen and oxygen atoms in total. The molecule has 0 bridgehead atoms. The molecule has 0 aromatic rings. The van der Waals surface area contributed by atoms with Crippen molar-refractivity contribution in [2.45, 2.75) is 33.3 Å². The highest BCUT2D eigenvalue weighted by molar-refractivity contribution is 6.20. The van der Waals surface area contributed by atoms with E-state index in [2.05, 4.69) is 0 Å². The van der Waals surface area contributed by atoms with E-state index in [4.69, 9.17) is 15.2 Å². The first-order chi connectivity index (χ1) is 7.47. The Kier molecular flexibility index (Phi) is 3.93. The molecule has 2 N–H and O–H groups in total. The molecule has 1 unspecified atom stereocenters. The normalized spacial score (nSPS) is 20.2. The lowest BCUT2D eigenvalue weighted by molar-refractivity contribution is -0.140. The van der Waals surface area contributed by atoms with E-state index in [9.17, 15) is 9.59 Å². The van der Waals surface area contributed by atoms with Crippen LogP contribution in [0.25, 0.3) is 0 Å². The number of ketones is 1. The number of Topliss-reactive ketones (excluding diaryl/α,β-unsaturated/α-hetero) is 1. The highest BCUT2D eigenvalue weighted by Crippen LogP contribution is 2.24. The molecule has 0 fully saturated rings. The second kappa shape index (κ2) is 5.01. The first-order valence-corrected chi connectivity index (χ1v) is 5.35. The number of esters is 1. The van der Waals surface area contributed by atoms with Crippen LogP contribution in [0.3, 0.4) is 0 Å². The van der Waals surface area contributed by atoms with Gasteiger partial charge in [-0.2, -0.15) is 0 Å². The van der Waals surface area contributed by atoms with Gasteiger partial charge in [0.25, 0.3) is 0 Å². The van der Waals surface area contributed by atoms with Gasteiger partial charge in [0.15, 0.2) is 11.7 Å². The SMILES string of the molecule is CCOC(=O)C1=C(N)OC(CC(C)C)C1=O. The summed E-state index contributed by atoms with van der Waals surface area (Å²) in [7, 11) is 0. The Bertz CT molecular complexity index is 333. The monoisotopic (exact) mass is 227 g/mol. The van der Waals surface area contributed by atoms with Crippen LogP contribution in [-0.2, 0) is 19.1 Å². The zero-order valence-corrected chi connectivity index (χ0v) is 9.78. The second-order valence-electron chi connectivity index (χ2n) is 4.06. The minimum absolute atomic E-state index is 0.117.